The number of aryl methyl sites for hydroxylation is 1. The number of carbonyl (C=O) groups is 2. The van der Waals surface area contributed by atoms with Crippen molar-refractivity contribution in [3.05, 3.63) is 34.9 Å². The van der Waals surface area contributed by atoms with Crippen molar-refractivity contribution in [3.63, 3.8) is 0 Å². The van der Waals surface area contributed by atoms with Crippen LogP contribution in [0.1, 0.15) is 54.7 Å². The van der Waals surface area contributed by atoms with Crippen LogP contribution in [0.2, 0.25) is 0 Å². The van der Waals surface area contributed by atoms with E-state index < -0.39 is 11.7 Å². The molecule has 126 valence electrons. The van der Waals surface area contributed by atoms with Crippen LogP contribution in [-0.4, -0.2) is 36.8 Å². The number of ether oxygens (including phenoxy) is 1. The molecule has 0 aromatic heterocycles. The predicted octanol–water partition coefficient (Wildman–Crippen LogP) is 2.83. The van der Waals surface area contributed by atoms with E-state index in [9.17, 15) is 9.59 Å². The predicted molar refractivity (Wildman–Crippen MR) is 86.0 cm³/mol. The number of alkyl carbamates (subject to hydrolysis) is 1. The van der Waals surface area contributed by atoms with E-state index in [0.717, 1.165) is 24.0 Å². The SMILES string of the molecule is CON(C)C(=O)c1ccc2c(c1)CC[C@H]2NC(=O)OC(C)(C)C. The summed E-state index contributed by atoms with van der Waals surface area (Å²) in [5, 5.41) is 4.08. The molecule has 0 spiro atoms. The average molecular weight is 320 g/mol. The first-order valence-electron chi connectivity index (χ1n) is 7.66. The van der Waals surface area contributed by atoms with Crippen molar-refractivity contribution >= 4 is 12.0 Å². The summed E-state index contributed by atoms with van der Waals surface area (Å²) in [6.07, 6.45) is 1.19. The molecule has 6 nitrogen and oxygen atoms in total. The monoisotopic (exact) mass is 320 g/mol. The molecular weight excluding hydrogens is 296 g/mol. The summed E-state index contributed by atoms with van der Waals surface area (Å²) < 4.78 is 5.30. The van der Waals surface area contributed by atoms with Gasteiger partial charge in [-0.1, -0.05) is 6.07 Å². The lowest BCUT2D eigenvalue weighted by molar-refractivity contribution is -0.0757. The lowest BCUT2D eigenvalue weighted by Gasteiger charge is -2.22. The molecule has 1 aliphatic carbocycles. The van der Waals surface area contributed by atoms with Gasteiger partial charge in [-0.3, -0.25) is 9.63 Å². The van der Waals surface area contributed by atoms with Gasteiger partial charge in [-0.25, -0.2) is 9.86 Å². The first-order valence-corrected chi connectivity index (χ1v) is 7.66. The van der Waals surface area contributed by atoms with Crippen molar-refractivity contribution < 1.29 is 19.2 Å². The van der Waals surface area contributed by atoms with Gasteiger partial charge in [-0.15, -0.1) is 0 Å². The van der Waals surface area contributed by atoms with Crippen LogP contribution in [0.25, 0.3) is 0 Å². The average Bonchev–Trinajstić information content (AvgIpc) is 2.85. The van der Waals surface area contributed by atoms with E-state index in [1.807, 2.05) is 32.9 Å². The highest BCUT2D eigenvalue weighted by Crippen LogP contribution is 2.32. The van der Waals surface area contributed by atoms with Gasteiger partial charge in [0.25, 0.3) is 5.91 Å². The first kappa shape index (κ1) is 17.3. The van der Waals surface area contributed by atoms with Gasteiger partial charge >= 0.3 is 6.09 Å². The van der Waals surface area contributed by atoms with Gasteiger partial charge in [0.2, 0.25) is 0 Å². The maximum atomic E-state index is 12.1. The van der Waals surface area contributed by atoms with E-state index in [1.165, 1.54) is 12.2 Å². The number of rotatable bonds is 3. The zero-order valence-electron chi connectivity index (χ0n) is 14.3. The number of fused-ring (bicyclic) bond motifs is 1. The number of hydroxylamine groups is 2. The molecule has 0 heterocycles. The number of hydrogen-bond acceptors (Lipinski definition) is 4. The van der Waals surface area contributed by atoms with Crippen LogP contribution in [0, 0.1) is 0 Å². The fourth-order valence-corrected chi connectivity index (χ4v) is 2.62. The molecule has 1 N–H and O–H groups in total. The highest BCUT2D eigenvalue weighted by atomic mass is 16.7. The molecule has 23 heavy (non-hydrogen) atoms. The van der Waals surface area contributed by atoms with Crippen LogP contribution in [0.15, 0.2) is 18.2 Å². The van der Waals surface area contributed by atoms with Crippen LogP contribution in [0.3, 0.4) is 0 Å². The van der Waals surface area contributed by atoms with E-state index in [0.29, 0.717) is 5.56 Å². The normalized spacial score (nSPS) is 16.7. The Morgan fingerprint density at radius 1 is 1.30 bits per heavy atom. The third-order valence-corrected chi connectivity index (χ3v) is 3.72. The van der Waals surface area contributed by atoms with Crippen molar-refractivity contribution in [2.75, 3.05) is 14.2 Å². The second kappa shape index (κ2) is 6.58. The van der Waals surface area contributed by atoms with E-state index in [1.54, 1.807) is 13.1 Å². The van der Waals surface area contributed by atoms with Gasteiger partial charge in [0.1, 0.15) is 5.60 Å². The summed E-state index contributed by atoms with van der Waals surface area (Å²) in [5.74, 6) is -0.196. The highest BCUT2D eigenvalue weighted by Gasteiger charge is 2.27. The fraction of sp³-hybridized carbons (Fsp3) is 0.529. The summed E-state index contributed by atoms with van der Waals surface area (Å²) in [5.41, 5.74) is 2.16. The molecular formula is C17H24N2O4. The first-order chi connectivity index (χ1) is 10.7. The van der Waals surface area contributed by atoms with Crippen LogP contribution in [0.4, 0.5) is 4.79 Å². The van der Waals surface area contributed by atoms with Crippen molar-refractivity contribution in [1.82, 2.24) is 10.4 Å². The maximum absolute atomic E-state index is 12.1. The second-order valence-corrected chi connectivity index (χ2v) is 6.64. The smallest absolute Gasteiger partial charge is 0.408 e. The minimum atomic E-state index is -0.521. The van der Waals surface area contributed by atoms with Gasteiger partial charge in [0.05, 0.1) is 13.2 Å². The van der Waals surface area contributed by atoms with E-state index in [-0.39, 0.29) is 11.9 Å². The standard InChI is InChI=1S/C17H24N2O4/c1-17(2,3)23-16(21)18-14-9-7-11-10-12(6-8-13(11)14)15(20)19(4)22-5/h6,8,10,14H,7,9H2,1-5H3,(H,18,21)/t14-/m1/s1. The highest BCUT2D eigenvalue weighted by molar-refractivity contribution is 5.93. The maximum Gasteiger partial charge on any atom is 0.408 e. The Labute approximate surface area is 136 Å². The third-order valence-electron chi connectivity index (χ3n) is 3.72. The second-order valence-electron chi connectivity index (χ2n) is 6.64. The van der Waals surface area contributed by atoms with E-state index in [2.05, 4.69) is 5.32 Å². The molecule has 1 aromatic carbocycles. The molecule has 2 rings (SSSR count). The molecule has 0 aliphatic heterocycles. The Hall–Kier alpha value is -2.08. The number of benzene rings is 1. The zero-order valence-corrected chi connectivity index (χ0v) is 14.3. The van der Waals surface area contributed by atoms with Crippen molar-refractivity contribution in [1.29, 1.82) is 0 Å². The van der Waals surface area contributed by atoms with E-state index in [4.69, 9.17) is 9.57 Å². The third kappa shape index (κ3) is 4.22. The fourth-order valence-electron chi connectivity index (χ4n) is 2.62. The Morgan fingerprint density at radius 2 is 2.00 bits per heavy atom. The molecule has 0 radical (unpaired) electrons. The van der Waals surface area contributed by atoms with Crippen LogP contribution < -0.4 is 5.32 Å². The Balaban J connectivity index is 2.10. The Morgan fingerprint density at radius 3 is 2.61 bits per heavy atom. The quantitative estimate of drug-likeness (QED) is 0.870. The zero-order chi connectivity index (χ0) is 17.2. The lowest BCUT2D eigenvalue weighted by atomic mass is 10.0. The molecule has 6 heteroatoms. The molecule has 0 unspecified atom stereocenters. The van der Waals surface area contributed by atoms with Gasteiger partial charge in [-0.2, -0.15) is 0 Å². The van der Waals surface area contributed by atoms with Crippen LogP contribution in [-0.2, 0) is 16.0 Å². The summed E-state index contributed by atoms with van der Waals surface area (Å²) in [7, 11) is 3.02. The largest absolute Gasteiger partial charge is 0.444 e. The molecule has 1 aromatic rings. The molecule has 0 fully saturated rings. The number of amides is 2. The topological polar surface area (TPSA) is 67.9 Å². The number of carbonyl (C=O) groups excluding carboxylic acids is 2. The Bertz CT molecular complexity index is 607. The van der Waals surface area contributed by atoms with Crippen molar-refractivity contribution in [3.8, 4) is 0 Å². The summed E-state index contributed by atoms with van der Waals surface area (Å²) in [4.78, 5) is 28.9. The summed E-state index contributed by atoms with van der Waals surface area (Å²) in [6.45, 7) is 5.50. The number of nitrogens with zero attached hydrogens (tertiary/aromatic N) is 1. The van der Waals surface area contributed by atoms with Gasteiger partial charge in [-0.05, 0) is 56.9 Å². The van der Waals surface area contributed by atoms with Crippen molar-refractivity contribution in [2.24, 2.45) is 0 Å². The molecule has 0 saturated heterocycles. The molecule has 2 amide bonds. The summed E-state index contributed by atoms with van der Waals surface area (Å²) in [6, 6.07) is 5.43. The number of nitrogens with one attached hydrogen (secondary N) is 1. The molecule has 1 atom stereocenters. The lowest BCUT2D eigenvalue weighted by Crippen LogP contribution is -2.34. The van der Waals surface area contributed by atoms with E-state index >= 15 is 0 Å². The van der Waals surface area contributed by atoms with Crippen LogP contribution >= 0.6 is 0 Å². The van der Waals surface area contributed by atoms with Gasteiger partial charge < -0.3 is 10.1 Å². The molecule has 0 saturated carbocycles. The van der Waals surface area contributed by atoms with Crippen LogP contribution in [0.5, 0.6) is 0 Å². The minimum Gasteiger partial charge on any atom is -0.444 e. The minimum absolute atomic E-state index is 0.0795. The summed E-state index contributed by atoms with van der Waals surface area (Å²) >= 11 is 0. The van der Waals surface area contributed by atoms with Gasteiger partial charge in [0.15, 0.2) is 0 Å². The molecule has 1 aliphatic rings. The Kier molecular flexibility index (Phi) is 4.94. The molecule has 0 bridgehead atoms. The van der Waals surface area contributed by atoms with Crippen molar-refractivity contribution in [2.45, 2.75) is 45.3 Å². The van der Waals surface area contributed by atoms with Gasteiger partial charge in [0, 0.05) is 12.6 Å². The number of hydrogen-bond donors (Lipinski definition) is 1.